The van der Waals surface area contributed by atoms with Gasteiger partial charge in [0.25, 0.3) is 0 Å². The molecule has 4 nitrogen and oxygen atoms in total. The summed E-state index contributed by atoms with van der Waals surface area (Å²) in [6, 6.07) is 7.98. The highest BCUT2D eigenvalue weighted by Crippen LogP contribution is 2.22. The first-order valence-corrected chi connectivity index (χ1v) is 5.74. The fourth-order valence-electron chi connectivity index (χ4n) is 2.21. The second-order valence-corrected chi connectivity index (χ2v) is 4.51. The van der Waals surface area contributed by atoms with E-state index in [0.29, 0.717) is 5.92 Å². The number of benzene rings is 1. The molecule has 1 aromatic rings. The highest BCUT2D eigenvalue weighted by Gasteiger charge is 2.28. The van der Waals surface area contributed by atoms with Gasteiger partial charge in [-0.15, -0.1) is 0 Å². The van der Waals surface area contributed by atoms with Crippen molar-refractivity contribution in [2.24, 2.45) is 5.92 Å². The van der Waals surface area contributed by atoms with Crippen molar-refractivity contribution in [1.82, 2.24) is 4.90 Å². The maximum Gasteiger partial charge on any atom is 0.303 e. The Morgan fingerprint density at radius 2 is 2.29 bits per heavy atom. The van der Waals surface area contributed by atoms with Crippen molar-refractivity contribution in [3.63, 3.8) is 0 Å². The van der Waals surface area contributed by atoms with Gasteiger partial charge in [-0.25, -0.2) is 0 Å². The molecule has 0 unspecified atom stereocenters. The lowest BCUT2D eigenvalue weighted by molar-refractivity contribution is -0.139. The summed E-state index contributed by atoms with van der Waals surface area (Å²) in [5.41, 5.74) is 1.21. The predicted molar refractivity (Wildman–Crippen MR) is 64.0 cm³/mol. The van der Waals surface area contributed by atoms with Gasteiger partial charge in [0.1, 0.15) is 5.75 Å². The lowest BCUT2D eigenvalue weighted by Gasteiger charge is -2.38. The second kappa shape index (κ2) is 5.19. The Balaban J connectivity index is 1.81. The maximum absolute atomic E-state index is 10.5. The molecule has 1 heterocycles. The van der Waals surface area contributed by atoms with Crippen molar-refractivity contribution in [2.45, 2.75) is 13.0 Å². The zero-order valence-electron chi connectivity index (χ0n) is 9.93. The smallest absolute Gasteiger partial charge is 0.303 e. The van der Waals surface area contributed by atoms with Gasteiger partial charge in [-0.3, -0.25) is 9.69 Å². The first-order valence-electron chi connectivity index (χ1n) is 5.74. The Labute approximate surface area is 101 Å². The standard InChI is InChI=1S/C13H17NO3/c1-17-12-4-2-3-10(5-12)7-14-8-11(9-14)6-13(15)16/h2-5,11H,6-9H2,1H3,(H,15,16). The number of carbonyl (C=O) groups is 1. The molecule has 1 aromatic carbocycles. The molecular formula is C13H17NO3. The van der Waals surface area contributed by atoms with Gasteiger partial charge in [-0.2, -0.15) is 0 Å². The Hall–Kier alpha value is -1.55. The van der Waals surface area contributed by atoms with Crippen LogP contribution in [0.15, 0.2) is 24.3 Å². The normalized spacial score (nSPS) is 16.5. The molecule has 17 heavy (non-hydrogen) atoms. The van der Waals surface area contributed by atoms with Crippen LogP contribution in [0.3, 0.4) is 0 Å². The SMILES string of the molecule is COc1cccc(CN2CC(CC(=O)O)C2)c1. The third-order valence-corrected chi connectivity index (χ3v) is 3.04. The zero-order valence-corrected chi connectivity index (χ0v) is 9.93. The van der Waals surface area contributed by atoms with Gasteiger partial charge >= 0.3 is 5.97 Å². The number of rotatable bonds is 5. The van der Waals surface area contributed by atoms with Crippen LogP contribution in [-0.2, 0) is 11.3 Å². The fraction of sp³-hybridized carbons (Fsp3) is 0.462. The van der Waals surface area contributed by atoms with Crippen LogP contribution in [0.25, 0.3) is 0 Å². The van der Waals surface area contributed by atoms with Crippen LogP contribution in [0.1, 0.15) is 12.0 Å². The molecule has 0 aliphatic carbocycles. The van der Waals surface area contributed by atoms with E-state index in [0.717, 1.165) is 25.4 Å². The van der Waals surface area contributed by atoms with E-state index in [9.17, 15) is 4.79 Å². The summed E-state index contributed by atoms with van der Waals surface area (Å²) in [6.07, 6.45) is 0.286. The molecule has 1 aliphatic rings. The number of carboxylic acids is 1. The molecular weight excluding hydrogens is 218 g/mol. The van der Waals surface area contributed by atoms with Crippen LogP contribution in [0.4, 0.5) is 0 Å². The van der Waals surface area contributed by atoms with Gasteiger partial charge in [0.15, 0.2) is 0 Å². The molecule has 0 aromatic heterocycles. The number of likely N-dealkylation sites (tertiary alicyclic amines) is 1. The summed E-state index contributed by atoms with van der Waals surface area (Å²) in [6.45, 7) is 2.63. The van der Waals surface area contributed by atoms with E-state index >= 15 is 0 Å². The monoisotopic (exact) mass is 235 g/mol. The summed E-state index contributed by atoms with van der Waals surface area (Å²) in [4.78, 5) is 12.8. The molecule has 1 saturated heterocycles. The van der Waals surface area contributed by atoms with Crippen molar-refractivity contribution >= 4 is 5.97 Å². The van der Waals surface area contributed by atoms with Gasteiger partial charge in [0.2, 0.25) is 0 Å². The molecule has 0 bridgehead atoms. The first kappa shape index (κ1) is 11.9. The number of hydrogen-bond donors (Lipinski definition) is 1. The third kappa shape index (κ3) is 3.20. The van der Waals surface area contributed by atoms with Crippen LogP contribution in [0.2, 0.25) is 0 Å². The summed E-state index contributed by atoms with van der Waals surface area (Å²) in [5, 5.41) is 8.66. The van der Waals surface area contributed by atoms with E-state index in [-0.39, 0.29) is 6.42 Å². The summed E-state index contributed by atoms with van der Waals surface area (Å²) in [5.74, 6) is 0.485. The van der Waals surface area contributed by atoms with E-state index < -0.39 is 5.97 Å². The van der Waals surface area contributed by atoms with Crippen LogP contribution >= 0.6 is 0 Å². The second-order valence-electron chi connectivity index (χ2n) is 4.51. The minimum absolute atomic E-state index is 0.286. The van der Waals surface area contributed by atoms with E-state index in [1.807, 2.05) is 18.2 Å². The van der Waals surface area contributed by atoms with Gasteiger partial charge < -0.3 is 9.84 Å². The Bertz CT molecular complexity index is 399. The van der Waals surface area contributed by atoms with Crippen molar-refractivity contribution in [1.29, 1.82) is 0 Å². The summed E-state index contributed by atoms with van der Waals surface area (Å²) < 4.78 is 5.17. The molecule has 1 aliphatic heterocycles. The van der Waals surface area contributed by atoms with Gasteiger partial charge in [0, 0.05) is 19.6 Å². The lowest BCUT2D eigenvalue weighted by Crippen LogP contribution is -2.46. The molecule has 0 radical (unpaired) electrons. The predicted octanol–water partition coefficient (Wildman–Crippen LogP) is 1.60. The number of nitrogens with zero attached hydrogens (tertiary/aromatic N) is 1. The first-order chi connectivity index (χ1) is 8.17. The molecule has 0 amide bonds. The number of aliphatic carboxylic acids is 1. The molecule has 0 atom stereocenters. The van der Waals surface area contributed by atoms with Crippen molar-refractivity contribution in [2.75, 3.05) is 20.2 Å². The van der Waals surface area contributed by atoms with Crippen LogP contribution in [0.5, 0.6) is 5.75 Å². The number of carboxylic acid groups (broad SMARTS) is 1. The molecule has 0 spiro atoms. The fourth-order valence-corrected chi connectivity index (χ4v) is 2.21. The summed E-state index contributed by atoms with van der Waals surface area (Å²) in [7, 11) is 1.66. The van der Waals surface area contributed by atoms with Gasteiger partial charge in [0.05, 0.1) is 13.5 Å². The molecule has 1 fully saturated rings. The molecule has 2 rings (SSSR count). The number of ether oxygens (including phenoxy) is 1. The molecule has 0 saturated carbocycles. The van der Waals surface area contributed by atoms with Crippen LogP contribution < -0.4 is 4.74 Å². The van der Waals surface area contributed by atoms with E-state index in [4.69, 9.17) is 9.84 Å². The minimum atomic E-state index is -0.698. The van der Waals surface area contributed by atoms with E-state index in [1.54, 1.807) is 7.11 Å². The topological polar surface area (TPSA) is 49.8 Å². The lowest BCUT2D eigenvalue weighted by atomic mass is 9.96. The Morgan fingerprint density at radius 1 is 1.53 bits per heavy atom. The quantitative estimate of drug-likeness (QED) is 0.842. The molecule has 92 valence electrons. The van der Waals surface area contributed by atoms with Gasteiger partial charge in [-0.05, 0) is 23.6 Å². The minimum Gasteiger partial charge on any atom is -0.497 e. The highest BCUT2D eigenvalue weighted by atomic mass is 16.5. The maximum atomic E-state index is 10.5. The Morgan fingerprint density at radius 3 is 2.94 bits per heavy atom. The van der Waals surface area contributed by atoms with E-state index in [2.05, 4.69) is 11.0 Å². The summed E-state index contributed by atoms with van der Waals surface area (Å²) >= 11 is 0. The molecule has 4 heteroatoms. The van der Waals surface area contributed by atoms with Crippen molar-refractivity contribution in [3.05, 3.63) is 29.8 Å². The highest BCUT2D eigenvalue weighted by molar-refractivity contribution is 5.67. The third-order valence-electron chi connectivity index (χ3n) is 3.04. The Kier molecular flexibility index (Phi) is 3.64. The van der Waals surface area contributed by atoms with E-state index in [1.165, 1.54) is 5.56 Å². The largest absolute Gasteiger partial charge is 0.497 e. The number of methoxy groups -OCH3 is 1. The van der Waals surface area contributed by atoms with Gasteiger partial charge in [-0.1, -0.05) is 12.1 Å². The average Bonchev–Trinajstić information content (AvgIpc) is 2.26. The van der Waals surface area contributed by atoms with Crippen molar-refractivity contribution < 1.29 is 14.6 Å². The van der Waals surface area contributed by atoms with Crippen LogP contribution in [0, 0.1) is 5.92 Å². The van der Waals surface area contributed by atoms with Crippen molar-refractivity contribution in [3.8, 4) is 5.75 Å². The average molecular weight is 235 g/mol. The molecule has 1 N–H and O–H groups in total. The zero-order chi connectivity index (χ0) is 12.3. The number of hydrogen-bond acceptors (Lipinski definition) is 3. The van der Waals surface area contributed by atoms with Crippen LogP contribution in [-0.4, -0.2) is 36.2 Å².